The number of esters is 1. The van der Waals surface area contributed by atoms with Crippen molar-refractivity contribution in [3.8, 4) is 23.0 Å². The van der Waals surface area contributed by atoms with E-state index < -0.39 is 88.8 Å². The quantitative estimate of drug-likeness (QED) is 0.109. The molecular formula is C43H58N4O12. The predicted octanol–water partition coefficient (Wildman–Crippen LogP) is 4.34. The molecular weight excluding hydrogens is 764 g/mol. The first-order valence-corrected chi connectivity index (χ1v) is 19.8. The van der Waals surface area contributed by atoms with Gasteiger partial charge in [-0.1, -0.05) is 45.9 Å². The minimum absolute atomic E-state index is 0.0559. The van der Waals surface area contributed by atoms with E-state index in [4.69, 9.17) is 18.9 Å². The third-order valence-electron chi connectivity index (χ3n) is 11.9. The molecule has 1 saturated heterocycles. The van der Waals surface area contributed by atoms with Gasteiger partial charge < -0.3 is 54.7 Å². The van der Waals surface area contributed by atoms with Crippen molar-refractivity contribution in [1.29, 1.82) is 0 Å². The van der Waals surface area contributed by atoms with E-state index >= 15 is 0 Å². The first kappa shape index (κ1) is 44.9. The number of aliphatic hydroxyl groups is 2. The molecule has 322 valence electrons. The zero-order chi connectivity index (χ0) is 43.7. The van der Waals surface area contributed by atoms with E-state index in [1.54, 1.807) is 44.9 Å². The van der Waals surface area contributed by atoms with E-state index in [9.17, 15) is 39.9 Å². The maximum atomic E-state index is 14.4. The van der Waals surface area contributed by atoms with Gasteiger partial charge in [0.05, 0.1) is 53.0 Å². The van der Waals surface area contributed by atoms with E-state index in [1.807, 2.05) is 7.05 Å². The summed E-state index contributed by atoms with van der Waals surface area (Å²) < 4.78 is 23.6. The molecule has 4 heterocycles. The molecule has 0 radical (unpaired) electrons. The Hall–Kier alpha value is -5.16. The molecule has 16 heteroatoms. The number of phenolic OH excluding ortho intramolecular Hbond substituents is 3. The molecule has 9 atom stereocenters. The summed E-state index contributed by atoms with van der Waals surface area (Å²) in [5.41, 5.74) is -0.350. The van der Waals surface area contributed by atoms with Gasteiger partial charge in [0.25, 0.3) is 11.7 Å². The average molecular weight is 823 g/mol. The number of carbonyl (C=O) groups excluding carboxylic acids is 3. The Balaban J connectivity index is 1.70. The number of anilines is 1. The largest absolute Gasteiger partial charge is 0.507 e. The van der Waals surface area contributed by atoms with Crippen molar-refractivity contribution in [2.45, 2.75) is 85.6 Å². The molecule has 59 heavy (non-hydrogen) atoms. The third-order valence-corrected chi connectivity index (χ3v) is 11.9. The number of carbonyl (C=O) groups is 3. The van der Waals surface area contributed by atoms with E-state index in [-0.39, 0.29) is 44.5 Å². The molecule has 2 aromatic carbocycles. The molecule has 1 amide bonds. The molecule has 0 spiro atoms. The lowest BCUT2D eigenvalue weighted by atomic mass is 9.78. The van der Waals surface area contributed by atoms with Crippen LogP contribution in [0, 0.1) is 30.6 Å². The number of aromatic hydroxyl groups is 3. The molecule has 6 rings (SSSR count). The summed E-state index contributed by atoms with van der Waals surface area (Å²) in [6.07, 6.45) is 4.86. The SMILES string of the molecule is CO[C@H]1/C=C/O[C@@]2(C)Oc3c(C)c(O)c4c(O)c(c(/C=N/N5CCN(C)CC5)c(O)c4c3C2=O)NC(=O)/C(C)=C\C=C\[C@H](C)[C@H](O)[C@@H](C)[C@@H](O)[C@@H](C)[C@H](OC(C)=O)C1C. The number of hydrogen-bond acceptors (Lipinski definition) is 15. The molecule has 2 aromatic rings. The number of piperazine rings is 1. The number of hydrazone groups is 1. The number of allylic oxidation sites excluding steroid dienone is 2. The van der Waals surface area contributed by atoms with E-state index in [0.717, 1.165) is 13.1 Å². The summed E-state index contributed by atoms with van der Waals surface area (Å²) in [5, 5.41) is 66.8. The number of methoxy groups -OCH3 is 1. The number of ketones is 1. The van der Waals surface area contributed by atoms with Gasteiger partial charge in [0.2, 0.25) is 0 Å². The molecule has 1 unspecified atom stereocenters. The number of nitrogens with zero attached hydrogens (tertiary/aromatic N) is 3. The van der Waals surface area contributed by atoms with Gasteiger partial charge in [-0.05, 0) is 27.0 Å². The maximum Gasteiger partial charge on any atom is 0.312 e. The number of phenols is 3. The summed E-state index contributed by atoms with van der Waals surface area (Å²) in [4.78, 5) is 42.6. The van der Waals surface area contributed by atoms with E-state index in [2.05, 4.69) is 15.3 Å². The van der Waals surface area contributed by atoms with Crippen molar-refractivity contribution < 1.29 is 58.9 Å². The first-order chi connectivity index (χ1) is 27.7. The molecule has 6 N–H and O–H groups in total. The Bertz CT molecular complexity index is 2070. The predicted molar refractivity (Wildman–Crippen MR) is 220 cm³/mol. The van der Waals surface area contributed by atoms with Gasteiger partial charge in [-0.2, -0.15) is 5.10 Å². The smallest absolute Gasteiger partial charge is 0.312 e. The first-order valence-electron chi connectivity index (χ1n) is 19.8. The van der Waals surface area contributed by atoms with Crippen LogP contribution in [0.5, 0.6) is 23.0 Å². The minimum atomic E-state index is -2.04. The van der Waals surface area contributed by atoms with Crippen LogP contribution >= 0.6 is 0 Å². The Morgan fingerprint density at radius 2 is 1.61 bits per heavy atom. The summed E-state index contributed by atoms with van der Waals surface area (Å²) in [7, 11) is 3.42. The second-order valence-corrected chi connectivity index (χ2v) is 16.1. The van der Waals surface area contributed by atoms with Gasteiger partial charge in [-0.3, -0.25) is 19.4 Å². The number of nitrogens with one attached hydrogen (secondary N) is 1. The van der Waals surface area contributed by atoms with Gasteiger partial charge in [0.1, 0.15) is 23.4 Å². The zero-order valence-corrected chi connectivity index (χ0v) is 35.3. The third kappa shape index (κ3) is 8.91. The highest BCUT2D eigenvalue weighted by Gasteiger charge is 2.50. The van der Waals surface area contributed by atoms with Crippen LogP contribution in [-0.4, -0.2) is 130 Å². The number of aliphatic hydroxyl groups excluding tert-OH is 2. The summed E-state index contributed by atoms with van der Waals surface area (Å²) >= 11 is 0. The normalized spacial score (nSPS) is 32.1. The van der Waals surface area contributed by atoms with Crippen molar-refractivity contribution in [2.75, 3.05) is 45.7 Å². The van der Waals surface area contributed by atoms with Crippen molar-refractivity contribution in [2.24, 2.45) is 28.8 Å². The van der Waals surface area contributed by atoms with Crippen molar-refractivity contribution >= 4 is 40.3 Å². The Morgan fingerprint density at radius 1 is 0.949 bits per heavy atom. The molecule has 1 fully saturated rings. The fraction of sp³-hybridized carbons (Fsp3) is 0.535. The van der Waals surface area contributed by atoms with Crippen LogP contribution in [0.2, 0.25) is 0 Å². The standard InChI is InChI=1S/C43H58N4O12/c1-21-12-11-13-22(2)42(55)45-33-28(20-44-47-17-15-46(9)16-18-47)37(52)30-31(38(33)53)36(51)26(6)40-32(30)41(54)43(8,59-40)57-19-14-29(56-10)23(3)39(58-27(7)48)25(5)35(50)24(4)34(21)49/h11-14,19-21,23-25,29,34-35,39,49-53H,15-18H2,1-10H3,(H,45,55)/b12-11+,19-14+,22-13-,44-20+/t21-,23?,24+,25+,29-,34-,35+,39+,43-/m0/s1. The number of Topliss-reactive ketones (excluding diaryl/α,β-unsaturated/α-hetero) is 1. The lowest BCUT2D eigenvalue weighted by Gasteiger charge is -2.38. The lowest BCUT2D eigenvalue weighted by Crippen LogP contribution is -2.46. The molecule has 4 aliphatic rings. The van der Waals surface area contributed by atoms with Crippen LogP contribution in [0.25, 0.3) is 10.8 Å². The number of likely N-dealkylation sites (N-methyl/N-ethyl adjacent to an activating group) is 1. The van der Waals surface area contributed by atoms with Crippen molar-refractivity contribution in [1.82, 2.24) is 9.91 Å². The molecule has 5 bridgehead atoms. The Kier molecular flexibility index (Phi) is 13.7. The monoisotopic (exact) mass is 822 g/mol. The van der Waals surface area contributed by atoms with Gasteiger partial charge in [0.15, 0.2) is 5.75 Å². The number of amides is 1. The molecule has 0 aromatic heterocycles. The summed E-state index contributed by atoms with van der Waals surface area (Å²) in [5.74, 6) is -8.34. The highest BCUT2D eigenvalue weighted by Crippen LogP contribution is 2.55. The van der Waals surface area contributed by atoms with Crippen LogP contribution in [0.4, 0.5) is 5.69 Å². The van der Waals surface area contributed by atoms with E-state index in [0.29, 0.717) is 13.1 Å². The zero-order valence-electron chi connectivity index (χ0n) is 35.3. The molecule has 16 nitrogen and oxygen atoms in total. The van der Waals surface area contributed by atoms with Crippen molar-refractivity contribution in [3.05, 3.63) is 52.8 Å². The number of benzene rings is 2. The number of fused-ring (bicyclic) bond motifs is 14. The van der Waals surface area contributed by atoms with Crippen LogP contribution in [-0.2, 0) is 23.8 Å². The van der Waals surface area contributed by atoms with Crippen LogP contribution in [0.15, 0.2) is 41.2 Å². The number of ether oxygens (including phenoxy) is 4. The van der Waals surface area contributed by atoms with Gasteiger partial charge in [-0.15, -0.1) is 0 Å². The van der Waals surface area contributed by atoms with Crippen LogP contribution < -0.4 is 10.1 Å². The summed E-state index contributed by atoms with van der Waals surface area (Å²) in [6, 6.07) is 0. The minimum Gasteiger partial charge on any atom is -0.507 e. The average Bonchev–Trinajstić information content (AvgIpc) is 3.46. The van der Waals surface area contributed by atoms with Gasteiger partial charge in [0, 0.05) is 87.3 Å². The highest BCUT2D eigenvalue weighted by atomic mass is 16.7. The van der Waals surface area contributed by atoms with Gasteiger partial charge >= 0.3 is 11.8 Å². The topological polar surface area (TPSA) is 220 Å². The Morgan fingerprint density at radius 3 is 2.24 bits per heavy atom. The second kappa shape index (κ2) is 18.0. The highest BCUT2D eigenvalue weighted by molar-refractivity contribution is 6.23. The number of rotatable bonds is 4. The summed E-state index contributed by atoms with van der Waals surface area (Å²) in [6.45, 7) is 15.1. The fourth-order valence-electron chi connectivity index (χ4n) is 7.92. The van der Waals surface area contributed by atoms with Crippen LogP contribution in [0.1, 0.15) is 70.0 Å². The molecule has 0 saturated carbocycles. The maximum absolute atomic E-state index is 14.4. The van der Waals surface area contributed by atoms with E-state index in [1.165, 1.54) is 59.4 Å². The second-order valence-electron chi connectivity index (χ2n) is 16.1. The number of hydrogen-bond donors (Lipinski definition) is 6. The van der Waals surface area contributed by atoms with Crippen molar-refractivity contribution in [3.63, 3.8) is 0 Å². The fourth-order valence-corrected chi connectivity index (χ4v) is 7.92. The molecule has 0 aliphatic carbocycles. The van der Waals surface area contributed by atoms with Crippen LogP contribution in [0.3, 0.4) is 0 Å². The Labute approximate surface area is 344 Å². The molecule has 4 aliphatic heterocycles. The lowest BCUT2D eigenvalue weighted by molar-refractivity contribution is -0.160. The van der Waals surface area contributed by atoms with Gasteiger partial charge in [-0.25, -0.2) is 0 Å².